The van der Waals surface area contributed by atoms with Gasteiger partial charge in [-0.1, -0.05) is 36.6 Å². The van der Waals surface area contributed by atoms with Crippen molar-refractivity contribution in [1.29, 1.82) is 0 Å². The molecular formula is C21H23ClN2O3. The monoisotopic (exact) mass is 386 g/mol. The molecule has 1 saturated carbocycles. The summed E-state index contributed by atoms with van der Waals surface area (Å²) >= 11 is 6.12. The van der Waals surface area contributed by atoms with E-state index in [2.05, 4.69) is 5.32 Å². The summed E-state index contributed by atoms with van der Waals surface area (Å²) < 4.78 is 11.6. The van der Waals surface area contributed by atoms with Gasteiger partial charge < -0.3 is 19.7 Å². The first-order valence-electron chi connectivity index (χ1n) is 9.42. The minimum absolute atomic E-state index is 0.0602. The number of amides is 2. The summed E-state index contributed by atoms with van der Waals surface area (Å²) in [6, 6.07) is 14.8. The largest absolute Gasteiger partial charge is 0.456 e. The van der Waals surface area contributed by atoms with Gasteiger partial charge in [0, 0.05) is 12.2 Å². The van der Waals surface area contributed by atoms with E-state index < -0.39 is 0 Å². The van der Waals surface area contributed by atoms with Crippen LogP contribution in [0.15, 0.2) is 48.5 Å². The number of hydrogen-bond acceptors (Lipinski definition) is 3. The van der Waals surface area contributed by atoms with Crippen LogP contribution in [0.4, 0.5) is 10.5 Å². The Kier molecular flexibility index (Phi) is 5.50. The highest BCUT2D eigenvalue weighted by Gasteiger charge is 2.36. The van der Waals surface area contributed by atoms with Crippen LogP contribution in [-0.2, 0) is 4.74 Å². The van der Waals surface area contributed by atoms with Crippen molar-refractivity contribution in [2.45, 2.75) is 37.8 Å². The number of benzene rings is 2. The Morgan fingerprint density at radius 1 is 1.11 bits per heavy atom. The first kappa shape index (κ1) is 18.1. The number of anilines is 1. The third kappa shape index (κ3) is 4.20. The second kappa shape index (κ2) is 8.19. The molecule has 2 unspecified atom stereocenters. The zero-order valence-electron chi connectivity index (χ0n) is 15.1. The highest BCUT2D eigenvalue weighted by atomic mass is 35.5. The average Bonchev–Trinajstić information content (AvgIpc) is 2.70. The molecule has 6 heteroatoms. The lowest BCUT2D eigenvalue weighted by molar-refractivity contribution is -0.0694. The Balaban J connectivity index is 1.39. The molecule has 142 valence electrons. The summed E-state index contributed by atoms with van der Waals surface area (Å²) in [7, 11) is 0. The van der Waals surface area contributed by atoms with Crippen molar-refractivity contribution >= 4 is 23.3 Å². The van der Waals surface area contributed by atoms with E-state index in [4.69, 9.17) is 21.1 Å². The highest BCUT2D eigenvalue weighted by molar-refractivity contribution is 6.32. The maximum Gasteiger partial charge on any atom is 0.322 e. The first-order chi connectivity index (χ1) is 13.2. The van der Waals surface area contributed by atoms with Gasteiger partial charge in [0.25, 0.3) is 0 Å². The molecule has 27 heavy (non-hydrogen) atoms. The molecular weight excluding hydrogens is 364 g/mol. The minimum atomic E-state index is -0.0602. The summed E-state index contributed by atoms with van der Waals surface area (Å²) in [5.74, 6) is 1.27. The molecule has 1 heterocycles. The number of ether oxygens (including phenoxy) is 2. The zero-order valence-corrected chi connectivity index (χ0v) is 15.8. The normalized spacial score (nSPS) is 22.0. The van der Waals surface area contributed by atoms with Crippen molar-refractivity contribution < 1.29 is 14.3 Å². The van der Waals surface area contributed by atoms with Crippen LogP contribution in [0.5, 0.6) is 11.5 Å². The van der Waals surface area contributed by atoms with Gasteiger partial charge in [-0.15, -0.1) is 0 Å². The number of urea groups is 1. The first-order valence-corrected chi connectivity index (χ1v) is 9.80. The molecule has 2 atom stereocenters. The Bertz CT molecular complexity index is 794. The van der Waals surface area contributed by atoms with E-state index in [1.165, 1.54) is 6.42 Å². The van der Waals surface area contributed by atoms with Crippen molar-refractivity contribution in [3.05, 3.63) is 53.6 Å². The quantitative estimate of drug-likeness (QED) is 0.777. The van der Waals surface area contributed by atoms with Crippen LogP contribution in [-0.4, -0.2) is 36.2 Å². The van der Waals surface area contributed by atoms with Gasteiger partial charge in [-0.3, -0.25) is 0 Å². The fourth-order valence-corrected chi connectivity index (χ4v) is 3.98. The molecule has 1 saturated heterocycles. The molecule has 0 radical (unpaired) electrons. The molecule has 0 bridgehead atoms. The topological polar surface area (TPSA) is 50.8 Å². The molecule has 2 amide bonds. The molecule has 4 rings (SSSR count). The predicted octanol–water partition coefficient (Wildman–Crippen LogP) is 5.31. The predicted molar refractivity (Wildman–Crippen MR) is 106 cm³/mol. The number of nitrogens with zero attached hydrogens (tertiary/aromatic N) is 1. The second-order valence-electron chi connectivity index (χ2n) is 6.94. The van der Waals surface area contributed by atoms with Crippen LogP contribution in [0, 0.1) is 0 Å². The Labute approximate surface area is 164 Å². The molecule has 1 aliphatic heterocycles. The molecule has 5 nitrogen and oxygen atoms in total. The van der Waals surface area contributed by atoms with E-state index in [0.29, 0.717) is 29.7 Å². The van der Waals surface area contributed by atoms with Crippen molar-refractivity contribution in [3.63, 3.8) is 0 Å². The summed E-state index contributed by atoms with van der Waals surface area (Å²) in [6.07, 6.45) is 4.58. The number of para-hydroxylation sites is 1. The van der Waals surface area contributed by atoms with Crippen molar-refractivity contribution in [3.8, 4) is 11.5 Å². The van der Waals surface area contributed by atoms with Gasteiger partial charge in [0.2, 0.25) is 0 Å². The van der Waals surface area contributed by atoms with Gasteiger partial charge in [-0.2, -0.15) is 0 Å². The van der Waals surface area contributed by atoms with E-state index in [1.807, 2.05) is 47.4 Å². The molecule has 0 spiro atoms. The van der Waals surface area contributed by atoms with Crippen LogP contribution in [0.2, 0.25) is 5.02 Å². The average molecular weight is 387 g/mol. The van der Waals surface area contributed by atoms with Gasteiger partial charge in [0.05, 0.1) is 23.8 Å². The van der Waals surface area contributed by atoms with Crippen molar-refractivity contribution in [1.82, 2.24) is 4.90 Å². The molecule has 2 aliphatic rings. The van der Waals surface area contributed by atoms with Gasteiger partial charge in [0.15, 0.2) is 0 Å². The summed E-state index contributed by atoms with van der Waals surface area (Å²) in [6.45, 7) is 1.25. The second-order valence-corrected chi connectivity index (χ2v) is 7.35. The Hall–Kier alpha value is -2.24. The Morgan fingerprint density at radius 3 is 2.70 bits per heavy atom. The standard InChI is InChI=1S/C21H23ClN2O3/c22-17-5-1-3-7-19(17)27-16-11-9-15(10-12-16)23-21(25)24-13-14-26-20-8-4-2-6-18(20)24/h1,3,5,7,9-12,18,20H,2,4,6,8,13-14H2,(H,23,25). The zero-order chi connectivity index (χ0) is 18.6. The molecule has 2 aromatic rings. The molecule has 2 fully saturated rings. The van der Waals surface area contributed by atoms with Crippen LogP contribution >= 0.6 is 11.6 Å². The van der Waals surface area contributed by atoms with E-state index in [0.717, 1.165) is 24.9 Å². The third-order valence-corrected chi connectivity index (χ3v) is 5.48. The molecule has 1 N–H and O–H groups in total. The van der Waals surface area contributed by atoms with Gasteiger partial charge in [-0.25, -0.2) is 4.79 Å². The van der Waals surface area contributed by atoms with Gasteiger partial charge >= 0.3 is 6.03 Å². The van der Waals surface area contributed by atoms with E-state index in [-0.39, 0.29) is 18.2 Å². The smallest absolute Gasteiger partial charge is 0.322 e. The number of carbonyl (C=O) groups is 1. The number of halogens is 1. The Morgan fingerprint density at radius 2 is 1.89 bits per heavy atom. The third-order valence-electron chi connectivity index (χ3n) is 5.16. The maximum atomic E-state index is 12.8. The lowest BCUT2D eigenvalue weighted by Gasteiger charge is -2.43. The van der Waals surface area contributed by atoms with Crippen LogP contribution < -0.4 is 10.1 Å². The highest BCUT2D eigenvalue weighted by Crippen LogP contribution is 2.31. The van der Waals surface area contributed by atoms with E-state index >= 15 is 0 Å². The summed E-state index contributed by atoms with van der Waals surface area (Å²) in [5.41, 5.74) is 0.741. The number of hydrogen-bond donors (Lipinski definition) is 1. The number of carbonyl (C=O) groups excluding carboxylic acids is 1. The number of nitrogens with one attached hydrogen (secondary N) is 1. The SMILES string of the molecule is O=C(Nc1ccc(Oc2ccccc2Cl)cc1)N1CCOC2CCCCC21. The molecule has 2 aromatic carbocycles. The van der Waals surface area contributed by atoms with Gasteiger partial charge in [0.1, 0.15) is 11.5 Å². The van der Waals surface area contributed by atoms with Crippen LogP contribution in [0.3, 0.4) is 0 Å². The van der Waals surface area contributed by atoms with Crippen molar-refractivity contribution in [2.75, 3.05) is 18.5 Å². The summed E-state index contributed by atoms with van der Waals surface area (Å²) in [5, 5.41) is 3.56. The van der Waals surface area contributed by atoms with Crippen LogP contribution in [0.1, 0.15) is 25.7 Å². The van der Waals surface area contributed by atoms with Crippen LogP contribution in [0.25, 0.3) is 0 Å². The maximum absolute atomic E-state index is 12.8. The van der Waals surface area contributed by atoms with E-state index in [1.54, 1.807) is 6.07 Å². The number of morpholine rings is 1. The number of rotatable bonds is 3. The lowest BCUT2D eigenvalue weighted by Crippen LogP contribution is -2.55. The lowest BCUT2D eigenvalue weighted by atomic mass is 9.90. The fraction of sp³-hybridized carbons (Fsp3) is 0.381. The number of fused-ring (bicyclic) bond motifs is 1. The minimum Gasteiger partial charge on any atom is -0.456 e. The molecule has 0 aromatic heterocycles. The van der Waals surface area contributed by atoms with Crippen molar-refractivity contribution in [2.24, 2.45) is 0 Å². The summed E-state index contributed by atoms with van der Waals surface area (Å²) in [4.78, 5) is 14.7. The van der Waals surface area contributed by atoms with Gasteiger partial charge in [-0.05, 0) is 49.2 Å². The van der Waals surface area contributed by atoms with E-state index in [9.17, 15) is 4.79 Å². The fourth-order valence-electron chi connectivity index (χ4n) is 3.80. The molecule has 1 aliphatic carbocycles.